The molecule has 1 aromatic rings. The summed E-state index contributed by atoms with van der Waals surface area (Å²) >= 11 is 3.38. The van der Waals surface area contributed by atoms with E-state index in [9.17, 15) is 13.2 Å². The molecule has 0 atom stereocenters. The van der Waals surface area contributed by atoms with Crippen molar-refractivity contribution in [3.8, 4) is 0 Å². The first-order valence-corrected chi connectivity index (χ1v) is 7.34. The summed E-state index contributed by atoms with van der Waals surface area (Å²) in [7, 11) is 0. The lowest BCUT2D eigenvalue weighted by Gasteiger charge is -2.36. The van der Waals surface area contributed by atoms with Crippen molar-refractivity contribution in [3.05, 3.63) is 29.8 Å². The summed E-state index contributed by atoms with van der Waals surface area (Å²) in [5.41, 5.74) is -0.238. The average Bonchev–Trinajstić information content (AvgIpc) is 2.39. The Hall–Kier alpha value is -0.750. The van der Waals surface area contributed by atoms with Gasteiger partial charge < -0.3 is 4.90 Å². The number of anilines is 1. The zero-order chi connectivity index (χ0) is 13.9. The van der Waals surface area contributed by atoms with Crippen LogP contribution in [0.25, 0.3) is 0 Å². The number of benzene rings is 1. The molecule has 0 amide bonds. The third-order valence-corrected chi connectivity index (χ3v) is 3.68. The third kappa shape index (κ3) is 3.63. The summed E-state index contributed by atoms with van der Waals surface area (Å²) in [5, 5.41) is 0.895. The number of hydrogen-bond donors (Lipinski definition) is 0. The lowest BCUT2D eigenvalue weighted by atomic mass is 10.1. The Balaban J connectivity index is 2.12. The van der Waals surface area contributed by atoms with Crippen molar-refractivity contribution < 1.29 is 13.2 Å². The first kappa shape index (κ1) is 14.7. The van der Waals surface area contributed by atoms with E-state index in [0.29, 0.717) is 18.8 Å². The predicted molar refractivity (Wildman–Crippen MR) is 73.9 cm³/mol. The maximum Gasteiger partial charge on any atom is 0.418 e. The zero-order valence-corrected chi connectivity index (χ0v) is 12.0. The Labute approximate surface area is 119 Å². The standard InChI is InChI=1S/C13H16BrF3N2/c14-5-6-18-7-9-19(10-8-18)12-4-2-1-3-11(12)13(15,16)17/h1-4H,5-10H2. The monoisotopic (exact) mass is 336 g/mol. The van der Waals surface area contributed by atoms with Gasteiger partial charge in [0.2, 0.25) is 0 Å². The number of rotatable bonds is 3. The number of halogens is 4. The van der Waals surface area contributed by atoms with Gasteiger partial charge in [0, 0.05) is 43.7 Å². The van der Waals surface area contributed by atoms with Crippen LogP contribution in [0.2, 0.25) is 0 Å². The molecule has 1 aliphatic rings. The number of piperazine rings is 1. The second-order valence-corrected chi connectivity index (χ2v) is 5.33. The minimum atomic E-state index is -4.29. The van der Waals surface area contributed by atoms with Crippen molar-refractivity contribution in [3.63, 3.8) is 0 Å². The summed E-state index contributed by atoms with van der Waals surface area (Å²) < 4.78 is 38.9. The molecule has 1 fully saturated rings. The predicted octanol–water partition coefficient (Wildman–Crippen LogP) is 3.22. The average molecular weight is 337 g/mol. The molecule has 6 heteroatoms. The summed E-state index contributed by atoms with van der Waals surface area (Å²) in [4.78, 5) is 4.08. The van der Waals surface area contributed by atoms with Crippen LogP contribution in [0, 0.1) is 0 Å². The van der Waals surface area contributed by atoms with Crippen molar-refractivity contribution in [2.24, 2.45) is 0 Å². The molecule has 106 valence electrons. The van der Waals surface area contributed by atoms with Gasteiger partial charge in [-0.1, -0.05) is 28.1 Å². The molecule has 2 rings (SSSR count). The second-order valence-electron chi connectivity index (χ2n) is 4.53. The molecule has 0 bridgehead atoms. The fraction of sp³-hybridized carbons (Fsp3) is 0.538. The van der Waals surface area contributed by atoms with Crippen LogP contribution in [-0.4, -0.2) is 43.0 Å². The second kappa shape index (κ2) is 6.13. The van der Waals surface area contributed by atoms with Gasteiger partial charge in [0.05, 0.1) is 5.56 Å². The van der Waals surface area contributed by atoms with Crippen LogP contribution in [0.1, 0.15) is 5.56 Å². The molecule has 0 aliphatic carbocycles. The summed E-state index contributed by atoms with van der Waals surface area (Å²) in [5.74, 6) is 0. The Morgan fingerprint density at radius 1 is 1.05 bits per heavy atom. The summed E-state index contributed by atoms with van der Waals surface area (Å²) in [6.07, 6.45) is -4.29. The van der Waals surface area contributed by atoms with Crippen LogP contribution < -0.4 is 4.90 Å². The molecule has 0 radical (unpaired) electrons. The molecule has 2 nitrogen and oxygen atoms in total. The SMILES string of the molecule is FC(F)(F)c1ccccc1N1CCN(CCBr)CC1. The highest BCUT2D eigenvalue weighted by Gasteiger charge is 2.35. The van der Waals surface area contributed by atoms with Gasteiger partial charge in [-0.3, -0.25) is 4.90 Å². The Bertz CT molecular complexity index is 415. The zero-order valence-electron chi connectivity index (χ0n) is 10.5. The topological polar surface area (TPSA) is 6.48 Å². The molecule has 0 unspecified atom stereocenters. The van der Waals surface area contributed by atoms with E-state index in [2.05, 4.69) is 20.8 Å². The fourth-order valence-electron chi connectivity index (χ4n) is 2.32. The van der Waals surface area contributed by atoms with Gasteiger partial charge in [-0.15, -0.1) is 0 Å². The maximum absolute atomic E-state index is 13.0. The van der Waals surface area contributed by atoms with Crippen molar-refractivity contribution in [2.45, 2.75) is 6.18 Å². The smallest absolute Gasteiger partial charge is 0.368 e. The third-order valence-electron chi connectivity index (χ3n) is 3.32. The molecule has 1 aliphatic heterocycles. The largest absolute Gasteiger partial charge is 0.418 e. The van der Waals surface area contributed by atoms with Crippen LogP contribution in [0.4, 0.5) is 18.9 Å². The van der Waals surface area contributed by atoms with Crippen molar-refractivity contribution in [1.29, 1.82) is 0 Å². The van der Waals surface area contributed by atoms with Gasteiger partial charge in [0.25, 0.3) is 0 Å². The summed E-state index contributed by atoms with van der Waals surface area (Å²) in [6.45, 7) is 3.82. The molecule has 1 heterocycles. The number of alkyl halides is 4. The minimum Gasteiger partial charge on any atom is -0.368 e. The van der Waals surface area contributed by atoms with Crippen LogP contribution in [0.3, 0.4) is 0 Å². The number of nitrogens with zero attached hydrogens (tertiary/aromatic N) is 2. The van der Waals surface area contributed by atoms with Gasteiger partial charge in [0.1, 0.15) is 0 Å². The number of para-hydroxylation sites is 1. The molecule has 0 spiro atoms. The van der Waals surface area contributed by atoms with Gasteiger partial charge in [-0.2, -0.15) is 13.2 Å². The van der Waals surface area contributed by atoms with E-state index >= 15 is 0 Å². The first-order valence-electron chi connectivity index (χ1n) is 6.22. The van der Waals surface area contributed by atoms with E-state index in [-0.39, 0.29) is 0 Å². The van der Waals surface area contributed by atoms with Crippen molar-refractivity contribution >= 4 is 21.6 Å². The van der Waals surface area contributed by atoms with Crippen LogP contribution in [0.5, 0.6) is 0 Å². The Kier molecular flexibility index (Phi) is 4.73. The van der Waals surface area contributed by atoms with E-state index in [1.165, 1.54) is 6.07 Å². The highest BCUT2D eigenvalue weighted by atomic mass is 79.9. The van der Waals surface area contributed by atoms with E-state index in [4.69, 9.17) is 0 Å². The Morgan fingerprint density at radius 3 is 2.26 bits per heavy atom. The van der Waals surface area contributed by atoms with Crippen LogP contribution >= 0.6 is 15.9 Å². The fourth-order valence-corrected chi connectivity index (χ4v) is 2.82. The molecular formula is C13H16BrF3N2. The normalized spacial score (nSPS) is 17.8. The quantitative estimate of drug-likeness (QED) is 0.782. The van der Waals surface area contributed by atoms with E-state index in [0.717, 1.165) is 31.0 Å². The maximum atomic E-state index is 13.0. The van der Waals surface area contributed by atoms with E-state index in [1.54, 1.807) is 12.1 Å². The van der Waals surface area contributed by atoms with Crippen molar-refractivity contribution in [2.75, 3.05) is 43.0 Å². The highest BCUT2D eigenvalue weighted by Crippen LogP contribution is 2.36. The van der Waals surface area contributed by atoms with Crippen LogP contribution in [-0.2, 0) is 6.18 Å². The van der Waals surface area contributed by atoms with Gasteiger partial charge in [-0.05, 0) is 12.1 Å². The Morgan fingerprint density at radius 2 is 1.68 bits per heavy atom. The van der Waals surface area contributed by atoms with Gasteiger partial charge in [0.15, 0.2) is 0 Å². The molecule has 0 N–H and O–H groups in total. The summed E-state index contributed by atoms with van der Waals surface area (Å²) in [6, 6.07) is 5.81. The molecule has 0 saturated carbocycles. The van der Waals surface area contributed by atoms with Crippen LogP contribution in [0.15, 0.2) is 24.3 Å². The first-order chi connectivity index (χ1) is 9.02. The molecule has 0 aromatic heterocycles. The lowest BCUT2D eigenvalue weighted by molar-refractivity contribution is -0.137. The molecule has 19 heavy (non-hydrogen) atoms. The molecule has 1 aromatic carbocycles. The molecule has 1 saturated heterocycles. The van der Waals surface area contributed by atoms with Gasteiger partial charge >= 0.3 is 6.18 Å². The van der Waals surface area contributed by atoms with Gasteiger partial charge in [-0.25, -0.2) is 0 Å². The number of hydrogen-bond acceptors (Lipinski definition) is 2. The lowest BCUT2D eigenvalue weighted by Crippen LogP contribution is -2.47. The minimum absolute atomic E-state index is 0.300. The van der Waals surface area contributed by atoms with E-state index < -0.39 is 11.7 Å². The highest BCUT2D eigenvalue weighted by molar-refractivity contribution is 9.09. The van der Waals surface area contributed by atoms with Crippen molar-refractivity contribution in [1.82, 2.24) is 4.90 Å². The molecular weight excluding hydrogens is 321 g/mol. The van der Waals surface area contributed by atoms with E-state index in [1.807, 2.05) is 4.90 Å².